The van der Waals surface area contributed by atoms with Gasteiger partial charge in [0.15, 0.2) is 0 Å². The molecule has 0 saturated carbocycles. The van der Waals surface area contributed by atoms with Crippen molar-refractivity contribution < 1.29 is 4.74 Å². The van der Waals surface area contributed by atoms with Crippen molar-refractivity contribution in [3.05, 3.63) is 45.9 Å². The molecule has 1 aromatic carbocycles. The SMILES string of the molecule is Cc1nc(C)c(C(C)NCCOc2ccccc2)s1. The van der Waals surface area contributed by atoms with Crippen LogP contribution in [0.4, 0.5) is 0 Å². The van der Waals surface area contributed by atoms with Gasteiger partial charge in [-0.05, 0) is 32.9 Å². The number of aromatic nitrogens is 1. The summed E-state index contributed by atoms with van der Waals surface area (Å²) in [5.41, 5.74) is 1.13. The van der Waals surface area contributed by atoms with Crippen LogP contribution in [0.3, 0.4) is 0 Å². The average Bonchev–Trinajstić information content (AvgIpc) is 2.75. The first kappa shape index (κ1) is 14.0. The van der Waals surface area contributed by atoms with Crippen LogP contribution in [0, 0.1) is 13.8 Å². The summed E-state index contributed by atoms with van der Waals surface area (Å²) in [6.07, 6.45) is 0. The summed E-state index contributed by atoms with van der Waals surface area (Å²) in [5.74, 6) is 0.918. The number of ether oxygens (including phenoxy) is 1. The third-order valence-electron chi connectivity index (χ3n) is 2.90. The highest BCUT2D eigenvalue weighted by Gasteiger charge is 2.11. The van der Waals surface area contributed by atoms with E-state index >= 15 is 0 Å². The van der Waals surface area contributed by atoms with E-state index in [-0.39, 0.29) is 0 Å². The molecule has 0 aliphatic heterocycles. The number of hydrogen-bond acceptors (Lipinski definition) is 4. The molecule has 1 heterocycles. The van der Waals surface area contributed by atoms with Crippen LogP contribution in [0.25, 0.3) is 0 Å². The van der Waals surface area contributed by atoms with Gasteiger partial charge in [-0.1, -0.05) is 18.2 Å². The molecule has 19 heavy (non-hydrogen) atoms. The number of nitrogens with one attached hydrogen (secondary N) is 1. The lowest BCUT2D eigenvalue weighted by atomic mass is 10.2. The molecule has 1 unspecified atom stereocenters. The van der Waals surface area contributed by atoms with E-state index < -0.39 is 0 Å². The van der Waals surface area contributed by atoms with Gasteiger partial charge in [0.05, 0.1) is 10.7 Å². The molecule has 0 aliphatic rings. The molecule has 2 rings (SSSR count). The summed E-state index contributed by atoms with van der Waals surface area (Å²) >= 11 is 1.76. The molecule has 1 atom stereocenters. The van der Waals surface area contributed by atoms with Crippen molar-refractivity contribution in [3.63, 3.8) is 0 Å². The first-order chi connectivity index (χ1) is 9.16. The molecule has 0 saturated heterocycles. The molecule has 102 valence electrons. The van der Waals surface area contributed by atoms with Crippen molar-refractivity contribution in [1.82, 2.24) is 10.3 Å². The fourth-order valence-electron chi connectivity index (χ4n) is 2.00. The van der Waals surface area contributed by atoms with E-state index in [1.54, 1.807) is 11.3 Å². The monoisotopic (exact) mass is 276 g/mol. The number of hydrogen-bond donors (Lipinski definition) is 1. The first-order valence-electron chi connectivity index (χ1n) is 6.52. The number of para-hydroxylation sites is 1. The lowest BCUT2D eigenvalue weighted by molar-refractivity contribution is 0.308. The Balaban J connectivity index is 1.75. The maximum atomic E-state index is 5.65. The third kappa shape index (κ3) is 4.04. The molecule has 0 amide bonds. The maximum Gasteiger partial charge on any atom is 0.119 e. The molecule has 4 heteroatoms. The standard InChI is InChI=1S/C15H20N2OS/c1-11(15-12(2)17-13(3)19-15)16-9-10-18-14-7-5-4-6-8-14/h4-8,11,16H,9-10H2,1-3H3. The Kier molecular flexibility index (Phi) is 4.93. The molecule has 1 N–H and O–H groups in total. The number of thiazole rings is 1. The Hall–Kier alpha value is -1.39. The van der Waals surface area contributed by atoms with E-state index in [1.165, 1.54) is 4.88 Å². The van der Waals surface area contributed by atoms with Gasteiger partial charge < -0.3 is 10.1 Å². The van der Waals surface area contributed by atoms with Gasteiger partial charge in [-0.2, -0.15) is 0 Å². The third-order valence-corrected chi connectivity index (χ3v) is 4.15. The molecule has 0 spiro atoms. The van der Waals surface area contributed by atoms with Gasteiger partial charge >= 0.3 is 0 Å². The van der Waals surface area contributed by atoms with E-state index in [4.69, 9.17) is 4.74 Å². The van der Waals surface area contributed by atoms with Crippen LogP contribution in [-0.2, 0) is 0 Å². The minimum Gasteiger partial charge on any atom is -0.492 e. The van der Waals surface area contributed by atoms with Crippen LogP contribution in [-0.4, -0.2) is 18.1 Å². The lowest BCUT2D eigenvalue weighted by Crippen LogP contribution is -2.24. The van der Waals surface area contributed by atoms with Gasteiger partial charge in [-0.25, -0.2) is 4.98 Å². The van der Waals surface area contributed by atoms with Crippen LogP contribution in [0.5, 0.6) is 5.75 Å². The quantitative estimate of drug-likeness (QED) is 0.820. The predicted octanol–water partition coefficient (Wildman–Crippen LogP) is 3.49. The predicted molar refractivity (Wildman–Crippen MR) is 79.9 cm³/mol. The topological polar surface area (TPSA) is 34.2 Å². The summed E-state index contributed by atoms with van der Waals surface area (Å²) in [7, 11) is 0. The fraction of sp³-hybridized carbons (Fsp3) is 0.400. The Labute approximate surface area is 118 Å². The van der Waals surface area contributed by atoms with E-state index in [9.17, 15) is 0 Å². The first-order valence-corrected chi connectivity index (χ1v) is 7.33. The normalized spacial score (nSPS) is 12.4. The molecule has 0 radical (unpaired) electrons. The Morgan fingerprint density at radius 2 is 2.00 bits per heavy atom. The molecular formula is C15H20N2OS. The summed E-state index contributed by atoms with van der Waals surface area (Å²) < 4.78 is 5.65. The van der Waals surface area contributed by atoms with Gasteiger partial charge in [0.25, 0.3) is 0 Å². The number of aryl methyl sites for hydroxylation is 2. The minimum absolute atomic E-state index is 0.325. The number of nitrogens with zero attached hydrogens (tertiary/aromatic N) is 1. The van der Waals surface area contributed by atoms with Crippen molar-refractivity contribution >= 4 is 11.3 Å². The highest BCUT2D eigenvalue weighted by Crippen LogP contribution is 2.24. The highest BCUT2D eigenvalue weighted by molar-refractivity contribution is 7.11. The van der Waals surface area contributed by atoms with E-state index in [0.717, 1.165) is 23.0 Å². The Morgan fingerprint density at radius 1 is 1.26 bits per heavy atom. The second-order valence-corrected chi connectivity index (χ2v) is 5.75. The van der Waals surface area contributed by atoms with Gasteiger partial charge in [-0.15, -0.1) is 11.3 Å². The smallest absolute Gasteiger partial charge is 0.119 e. The molecule has 0 bridgehead atoms. The van der Waals surface area contributed by atoms with Gasteiger partial charge in [0.1, 0.15) is 12.4 Å². The summed E-state index contributed by atoms with van der Waals surface area (Å²) in [6, 6.07) is 10.2. The summed E-state index contributed by atoms with van der Waals surface area (Å²) in [6.45, 7) is 7.78. The minimum atomic E-state index is 0.325. The highest BCUT2D eigenvalue weighted by atomic mass is 32.1. The van der Waals surface area contributed by atoms with Crippen molar-refractivity contribution in [2.75, 3.05) is 13.2 Å². The van der Waals surface area contributed by atoms with Crippen LogP contribution < -0.4 is 10.1 Å². The van der Waals surface area contributed by atoms with E-state index in [0.29, 0.717) is 12.6 Å². The fourth-order valence-corrected chi connectivity index (χ4v) is 2.96. The summed E-state index contributed by atoms with van der Waals surface area (Å²) in [5, 5.41) is 4.60. The van der Waals surface area contributed by atoms with E-state index in [1.807, 2.05) is 37.3 Å². The van der Waals surface area contributed by atoms with Gasteiger partial charge in [0.2, 0.25) is 0 Å². The summed E-state index contributed by atoms with van der Waals surface area (Å²) in [4.78, 5) is 5.77. The average molecular weight is 276 g/mol. The Bertz CT molecular complexity index is 510. The van der Waals surface area contributed by atoms with Crippen LogP contribution in [0.2, 0.25) is 0 Å². The van der Waals surface area contributed by atoms with Crippen molar-refractivity contribution in [1.29, 1.82) is 0 Å². The molecule has 3 nitrogen and oxygen atoms in total. The van der Waals surface area contributed by atoms with Crippen molar-refractivity contribution in [3.8, 4) is 5.75 Å². The zero-order chi connectivity index (χ0) is 13.7. The van der Waals surface area contributed by atoms with Crippen molar-refractivity contribution in [2.24, 2.45) is 0 Å². The van der Waals surface area contributed by atoms with Gasteiger partial charge in [-0.3, -0.25) is 0 Å². The number of benzene rings is 1. The zero-order valence-electron chi connectivity index (χ0n) is 11.6. The molecular weight excluding hydrogens is 256 g/mol. The second kappa shape index (κ2) is 6.68. The Morgan fingerprint density at radius 3 is 2.63 bits per heavy atom. The van der Waals surface area contributed by atoms with Crippen LogP contribution in [0.15, 0.2) is 30.3 Å². The largest absolute Gasteiger partial charge is 0.492 e. The maximum absolute atomic E-state index is 5.65. The van der Waals surface area contributed by atoms with Crippen LogP contribution in [0.1, 0.15) is 28.5 Å². The zero-order valence-corrected chi connectivity index (χ0v) is 12.5. The van der Waals surface area contributed by atoms with Crippen molar-refractivity contribution in [2.45, 2.75) is 26.8 Å². The molecule has 1 aromatic heterocycles. The van der Waals surface area contributed by atoms with Crippen LogP contribution >= 0.6 is 11.3 Å². The van der Waals surface area contributed by atoms with Gasteiger partial charge in [0, 0.05) is 17.5 Å². The second-order valence-electron chi connectivity index (χ2n) is 4.52. The van der Waals surface area contributed by atoms with E-state index in [2.05, 4.69) is 24.1 Å². The number of rotatable bonds is 6. The molecule has 0 aliphatic carbocycles. The molecule has 2 aromatic rings. The lowest BCUT2D eigenvalue weighted by Gasteiger charge is -2.13. The molecule has 0 fully saturated rings.